The van der Waals surface area contributed by atoms with Crippen LogP contribution in [0.15, 0.2) is 24.3 Å². The van der Waals surface area contributed by atoms with E-state index in [1.54, 1.807) is 0 Å². The third-order valence-corrected chi connectivity index (χ3v) is 2.98. The van der Waals surface area contributed by atoms with Crippen molar-refractivity contribution in [2.45, 2.75) is 0 Å². The summed E-state index contributed by atoms with van der Waals surface area (Å²) >= 11 is 0. The number of ether oxygens (including phenoxy) is 1. The molecule has 0 saturated heterocycles. The summed E-state index contributed by atoms with van der Waals surface area (Å²) in [6.07, 6.45) is 1.31. The van der Waals surface area contributed by atoms with Gasteiger partial charge in [-0.25, -0.2) is 0 Å². The molecule has 0 spiro atoms. The molecule has 0 amide bonds. The van der Waals surface area contributed by atoms with Crippen molar-refractivity contribution in [2.24, 2.45) is 0 Å². The molecular weight excluding hydrogens is 228 g/mol. The molecule has 1 aliphatic heterocycles. The van der Waals surface area contributed by atoms with Crippen LogP contribution in [-0.4, -0.2) is 51.9 Å². The van der Waals surface area contributed by atoms with Gasteiger partial charge in [-0.1, -0.05) is 12.1 Å². The van der Waals surface area contributed by atoms with Gasteiger partial charge in [0.2, 0.25) is 0 Å². The summed E-state index contributed by atoms with van der Waals surface area (Å²) in [5.41, 5.74) is 2.16. The monoisotopic (exact) mass is 248 g/mol. The molecule has 2 rings (SSSR count). The van der Waals surface area contributed by atoms with Gasteiger partial charge in [-0.2, -0.15) is 0 Å². The van der Waals surface area contributed by atoms with E-state index in [-0.39, 0.29) is 0 Å². The first-order valence-electron chi connectivity index (χ1n) is 6.06. The normalized spacial score (nSPS) is 15.5. The molecule has 0 radical (unpaired) electrons. The minimum Gasteiger partial charge on any atom is -0.346 e. The first-order valence-corrected chi connectivity index (χ1v) is 6.06. The maximum absolute atomic E-state index is 7.46. The van der Waals surface area contributed by atoms with Crippen LogP contribution < -0.4 is 9.80 Å². The van der Waals surface area contributed by atoms with Gasteiger partial charge >= 0.3 is 0 Å². The van der Waals surface area contributed by atoms with Crippen molar-refractivity contribution in [1.29, 1.82) is 5.41 Å². The van der Waals surface area contributed by atoms with Crippen molar-refractivity contribution in [1.82, 2.24) is 4.90 Å². The van der Waals surface area contributed by atoms with Crippen molar-refractivity contribution in [3.05, 3.63) is 24.3 Å². The highest BCUT2D eigenvalue weighted by Gasteiger charge is 2.18. The maximum atomic E-state index is 7.46. The smallest absolute Gasteiger partial charge is 0.126 e. The fourth-order valence-corrected chi connectivity index (χ4v) is 1.98. The standard InChI is InChI=1S/C13H20N4O/c1-15(2)7-8-16-10-18-11-17(9-14)13-6-4-3-5-12(13)16/h3-6,9,14H,7-8,10-11H2,1-2H3. The highest BCUT2D eigenvalue weighted by atomic mass is 16.5. The van der Waals surface area contributed by atoms with Gasteiger partial charge in [0.15, 0.2) is 0 Å². The molecule has 0 fully saturated rings. The molecule has 0 saturated carbocycles. The molecule has 1 aromatic carbocycles. The molecule has 18 heavy (non-hydrogen) atoms. The number of nitrogens with zero attached hydrogens (tertiary/aromatic N) is 3. The number of likely N-dealkylation sites (N-methyl/N-ethyl adjacent to an activating group) is 1. The van der Waals surface area contributed by atoms with Crippen LogP contribution in [0.25, 0.3) is 0 Å². The first-order chi connectivity index (χ1) is 8.72. The highest BCUT2D eigenvalue weighted by Crippen LogP contribution is 2.30. The summed E-state index contributed by atoms with van der Waals surface area (Å²) in [6.45, 7) is 2.88. The Balaban J connectivity index is 2.24. The average molecular weight is 248 g/mol. The topological polar surface area (TPSA) is 42.8 Å². The van der Waals surface area contributed by atoms with Gasteiger partial charge in [-0.05, 0) is 26.2 Å². The molecule has 5 nitrogen and oxygen atoms in total. The Morgan fingerprint density at radius 2 is 2.00 bits per heavy atom. The van der Waals surface area contributed by atoms with E-state index in [4.69, 9.17) is 10.1 Å². The van der Waals surface area contributed by atoms with E-state index in [1.807, 2.05) is 23.1 Å². The Labute approximate surface area is 108 Å². The van der Waals surface area contributed by atoms with Crippen LogP contribution in [0.2, 0.25) is 0 Å². The van der Waals surface area contributed by atoms with Gasteiger partial charge in [-0.3, -0.25) is 5.41 Å². The lowest BCUT2D eigenvalue weighted by Gasteiger charge is -2.25. The van der Waals surface area contributed by atoms with Crippen molar-refractivity contribution in [3.8, 4) is 0 Å². The van der Waals surface area contributed by atoms with Crippen molar-refractivity contribution in [2.75, 3.05) is 50.4 Å². The lowest BCUT2D eigenvalue weighted by molar-refractivity contribution is 0.145. The second-order valence-electron chi connectivity index (χ2n) is 4.62. The van der Waals surface area contributed by atoms with E-state index in [0.717, 1.165) is 24.5 Å². The van der Waals surface area contributed by atoms with Crippen LogP contribution in [0.5, 0.6) is 0 Å². The first kappa shape index (κ1) is 12.9. The molecule has 0 atom stereocenters. The zero-order chi connectivity index (χ0) is 13.0. The lowest BCUT2D eigenvalue weighted by atomic mass is 10.2. The third-order valence-electron chi connectivity index (χ3n) is 2.98. The van der Waals surface area contributed by atoms with Crippen LogP contribution in [0.4, 0.5) is 11.4 Å². The van der Waals surface area contributed by atoms with Crippen LogP contribution in [0.1, 0.15) is 0 Å². The van der Waals surface area contributed by atoms with Gasteiger partial charge < -0.3 is 19.4 Å². The lowest BCUT2D eigenvalue weighted by Crippen LogP contribution is -2.32. The second kappa shape index (κ2) is 5.84. The summed E-state index contributed by atoms with van der Waals surface area (Å²) < 4.78 is 5.61. The van der Waals surface area contributed by atoms with E-state index in [9.17, 15) is 0 Å². The zero-order valence-corrected chi connectivity index (χ0v) is 11.0. The number of rotatable bonds is 4. The molecule has 1 aromatic rings. The maximum Gasteiger partial charge on any atom is 0.126 e. The molecule has 98 valence electrons. The molecule has 5 heteroatoms. The Kier molecular flexibility index (Phi) is 4.17. The van der Waals surface area contributed by atoms with E-state index < -0.39 is 0 Å². The SMILES string of the molecule is CN(C)CCN1COCN(C=N)c2ccccc21. The predicted octanol–water partition coefficient (Wildman–Crippen LogP) is 1.41. The summed E-state index contributed by atoms with van der Waals surface area (Å²) in [6, 6.07) is 8.12. The highest BCUT2D eigenvalue weighted by molar-refractivity contribution is 5.85. The van der Waals surface area contributed by atoms with Gasteiger partial charge in [0.05, 0.1) is 17.7 Å². The van der Waals surface area contributed by atoms with E-state index in [2.05, 4.69) is 30.0 Å². The van der Waals surface area contributed by atoms with Crippen molar-refractivity contribution in [3.63, 3.8) is 0 Å². The number of benzene rings is 1. The van der Waals surface area contributed by atoms with Gasteiger partial charge in [0.25, 0.3) is 0 Å². The number of hydrogen-bond acceptors (Lipinski definition) is 4. The predicted molar refractivity (Wildman–Crippen MR) is 74.4 cm³/mol. The Morgan fingerprint density at radius 3 is 2.67 bits per heavy atom. The largest absolute Gasteiger partial charge is 0.346 e. The quantitative estimate of drug-likeness (QED) is 0.646. The van der Waals surface area contributed by atoms with Gasteiger partial charge in [0.1, 0.15) is 13.5 Å². The number of anilines is 2. The zero-order valence-electron chi connectivity index (χ0n) is 11.0. The molecule has 1 N–H and O–H groups in total. The molecule has 0 unspecified atom stereocenters. The van der Waals surface area contributed by atoms with Crippen LogP contribution in [0, 0.1) is 5.41 Å². The number of fused-ring (bicyclic) bond motifs is 1. The number of para-hydroxylation sites is 2. The van der Waals surface area contributed by atoms with E-state index in [1.165, 1.54) is 6.34 Å². The Bertz CT molecular complexity index is 408. The van der Waals surface area contributed by atoms with Crippen LogP contribution in [0.3, 0.4) is 0 Å². The van der Waals surface area contributed by atoms with Crippen LogP contribution >= 0.6 is 0 Å². The number of hydrogen-bond donors (Lipinski definition) is 1. The third kappa shape index (κ3) is 2.80. The average Bonchev–Trinajstić information content (AvgIpc) is 2.55. The summed E-state index contributed by atoms with van der Waals surface area (Å²) in [4.78, 5) is 6.17. The summed E-state index contributed by atoms with van der Waals surface area (Å²) in [5, 5.41) is 7.46. The molecule has 1 heterocycles. The van der Waals surface area contributed by atoms with Crippen molar-refractivity contribution >= 4 is 17.7 Å². The number of nitrogens with one attached hydrogen (secondary N) is 1. The van der Waals surface area contributed by atoms with Gasteiger partial charge in [0, 0.05) is 13.1 Å². The van der Waals surface area contributed by atoms with Crippen molar-refractivity contribution < 1.29 is 4.74 Å². The molecule has 1 aliphatic rings. The summed E-state index contributed by atoms with van der Waals surface area (Å²) in [7, 11) is 4.13. The molecule has 0 aromatic heterocycles. The van der Waals surface area contributed by atoms with Crippen LogP contribution in [-0.2, 0) is 4.74 Å². The Hall–Kier alpha value is -1.59. The molecule has 0 bridgehead atoms. The minimum atomic E-state index is 0.430. The molecule has 0 aliphatic carbocycles. The fraction of sp³-hybridized carbons (Fsp3) is 0.462. The second-order valence-corrected chi connectivity index (χ2v) is 4.62. The Morgan fingerprint density at radius 1 is 1.28 bits per heavy atom. The summed E-state index contributed by atoms with van der Waals surface area (Å²) in [5.74, 6) is 0. The van der Waals surface area contributed by atoms with E-state index in [0.29, 0.717) is 13.5 Å². The van der Waals surface area contributed by atoms with E-state index >= 15 is 0 Å². The van der Waals surface area contributed by atoms with Gasteiger partial charge in [-0.15, -0.1) is 0 Å². The fourth-order valence-electron chi connectivity index (χ4n) is 1.98. The minimum absolute atomic E-state index is 0.430. The molecular formula is C13H20N4O.